The lowest BCUT2D eigenvalue weighted by Gasteiger charge is -2.13. The zero-order chi connectivity index (χ0) is 18.8. The van der Waals surface area contributed by atoms with E-state index >= 15 is 0 Å². The van der Waals surface area contributed by atoms with Crippen LogP contribution < -0.4 is 20.1 Å². The van der Waals surface area contributed by atoms with Crippen molar-refractivity contribution in [1.29, 1.82) is 0 Å². The largest absolute Gasteiger partial charge is 0.493 e. The molecule has 0 heterocycles. The van der Waals surface area contributed by atoms with Crippen LogP contribution in [0.4, 0.5) is 4.39 Å². The van der Waals surface area contributed by atoms with Crippen molar-refractivity contribution in [3.63, 3.8) is 0 Å². The molecule has 5 nitrogen and oxygen atoms in total. The summed E-state index contributed by atoms with van der Waals surface area (Å²) in [5.41, 5.74) is 2.01. The van der Waals surface area contributed by atoms with Crippen LogP contribution in [0.5, 0.6) is 11.5 Å². The van der Waals surface area contributed by atoms with Gasteiger partial charge < -0.3 is 20.1 Å². The Morgan fingerprint density at radius 1 is 1.00 bits per heavy atom. The van der Waals surface area contributed by atoms with Crippen molar-refractivity contribution in [2.24, 2.45) is 4.99 Å². The van der Waals surface area contributed by atoms with Crippen LogP contribution in [0.1, 0.15) is 25.0 Å². The summed E-state index contributed by atoms with van der Waals surface area (Å²) >= 11 is 0. The Hall–Kier alpha value is -2.03. The molecule has 0 radical (unpaired) electrons. The highest BCUT2D eigenvalue weighted by Crippen LogP contribution is 2.28. The molecular weight excluding hydrogens is 460 g/mol. The average molecular weight is 487 g/mol. The highest BCUT2D eigenvalue weighted by molar-refractivity contribution is 14.0. The van der Waals surface area contributed by atoms with Gasteiger partial charge in [-0.25, -0.2) is 9.38 Å². The Bertz CT molecular complexity index is 724. The van der Waals surface area contributed by atoms with Crippen LogP contribution in [0, 0.1) is 5.82 Å². The number of methoxy groups -OCH3 is 1. The maximum Gasteiger partial charge on any atom is 0.191 e. The van der Waals surface area contributed by atoms with Gasteiger partial charge in [-0.05, 0) is 49.2 Å². The molecule has 0 spiro atoms. The summed E-state index contributed by atoms with van der Waals surface area (Å²) in [7, 11) is 1.62. The summed E-state index contributed by atoms with van der Waals surface area (Å²) in [5, 5.41) is 6.46. The monoisotopic (exact) mass is 487 g/mol. The van der Waals surface area contributed by atoms with Gasteiger partial charge in [-0.1, -0.05) is 18.2 Å². The first-order valence-corrected chi connectivity index (χ1v) is 8.72. The summed E-state index contributed by atoms with van der Waals surface area (Å²) in [6, 6.07) is 12.2. The molecule has 27 heavy (non-hydrogen) atoms. The third-order valence-corrected chi connectivity index (χ3v) is 3.67. The first-order valence-electron chi connectivity index (χ1n) is 8.72. The second-order valence-corrected chi connectivity index (χ2v) is 5.59. The molecule has 0 aliphatic rings. The Balaban J connectivity index is 0.00000364. The Morgan fingerprint density at radius 3 is 2.33 bits per heavy atom. The SMILES string of the molecule is CCNC(=NCc1ccc(OC)c(OCC)c1)NCc1ccc(F)cc1.I. The van der Waals surface area contributed by atoms with Gasteiger partial charge in [-0.15, -0.1) is 24.0 Å². The third-order valence-electron chi connectivity index (χ3n) is 3.67. The van der Waals surface area contributed by atoms with Crippen LogP contribution >= 0.6 is 24.0 Å². The second-order valence-electron chi connectivity index (χ2n) is 5.59. The number of ether oxygens (including phenoxy) is 2. The summed E-state index contributed by atoms with van der Waals surface area (Å²) in [5.74, 6) is 1.89. The second kappa shape index (κ2) is 12.4. The highest BCUT2D eigenvalue weighted by Gasteiger charge is 2.06. The quantitative estimate of drug-likeness (QED) is 0.335. The fourth-order valence-corrected chi connectivity index (χ4v) is 2.39. The van der Waals surface area contributed by atoms with E-state index in [2.05, 4.69) is 15.6 Å². The molecule has 0 aliphatic carbocycles. The fraction of sp³-hybridized carbons (Fsp3) is 0.350. The van der Waals surface area contributed by atoms with Gasteiger partial charge in [0.15, 0.2) is 17.5 Å². The lowest BCUT2D eigenvalue weighted by atomic mass is 10.2. The van der Waals surface area contributed by atoms with Crippen molar-refractivity contribution in [1.82, 2.24) is 10.6 Å². The van der Waals surface area contributed by atoms with Gasteiger partial charge in [0.1, 0.15) is 5.82 Å². The van der Waals surface area contributed by atoms with Gasteiger partial charge >= 0.3 is 0 Å². The molecule has 2 N–H and O–H groups in total. The third kappa shape index (κ3) is 7.62. The molecule has 7 heteroatoms. The summed E-state index contributed by atoms with van der Waals surface area (Å²) in [6.07, 6.45) is 0. The van der Waals surface area contributed by atoms with E-state index in [1.807, 2.05) is 32.0 Å². The molecule has 0 atom stereocenters. The fourth-order valence-electron chi connectivity index (χ4n) is 2.39. The summed E-state index contributed by atoms with van der Waals surface area (Å²) < 4.78 is 23.9. The molecule has 2 aromatic rings. The smallest absolute Gasteiger partial charge is 0.191 e. The van der Waals surface area contributed by atoms with Crippen molar-refractivity contribution in [3.05, 3.63) is 59.4 Å². The normalized spacial score (nSPS) is 10.7. The van der Waals surface area contributed by atoms with E-state index in [9.17, 15) is 4.39 Å². The first-order chi connectivity index (χ1) is 12.7. The lowest BCUT2D eigenvalue weighted by Crippen LogP contribution is -2.36. The minimum Gasteiger partial charge on any atom is -0.493 e. The lowest BCUT2D eigenvalue weighted by molar-refractivity contribution is 0.310. The van der Waals surface area contributed by atoms with E-state index in [1.165, 1.54) is 12.1 Å². The van der Waals surface area contributed by atoms with Crippen LogP contribution in [-0.2, 0) is 13.1 Å². The number of hydrogen-bond acceptors (Lipinski definition) is 3. The molecule has 2 rings (SSSR count). The van der Waals surface area contributed by atoms with Gasteiger partial charge in [-0.2, -0.15) is 0 Å². The van der Waals surface area contributed by atoms with Gasteiger partial charge in [0.2, 0.25) is 0 Å². The Morgan fingerprint density at radius 2 is 1.70 bits per heavy atom. The predicted octanol–water partition coefficient (Wildman–Crippen LogP) is 4.11. The minimum atomic E-state index is -0.237. The van der Waals surface area contributed by atoms with Crippen LogP contribution in [-0.4, -0.2) is 26.2 Å². The number of aliphatic imine (C=N–C) groups is 1. The van der Waals surface area contributed by atoms with Crippen LogP contribution in [0.3, 0.4) is 0 Å². The summed E-state index contributed by atoms with van der Waals surface area (Å²) in [4.78, 5) is 4.60. The topological polar surface area (TPSA) is 54.9 Å². The maximum absolute atomic E-state index is 13.0. The predicted molar refractivity (Wildman–Crippen MR) is 118 cm³/mol. The van der Waals surface area contributed by atoms with Crippen LogP contribution in [0.15, 0.2) is 47.5 Å². The molecule has 0 unspecified atom stereocenters. The van der Waals surface area contributed by atoms with E-state index < -0.39 is 0 Å². The minimum absolute atomic E-state index is 0. The van der Waals surface area contributed by atoms with E-state index in [0.29, 0.717) is 37.2 Å². The highest BCUT2D eigenvalue weighted by atomic mass is 127. The molecule has 0 saturated carbocycles. The summed E-state index contributed by atoms with van der Waals surface area (Å²) in [6.45, 7) is 6.34. The number of benzene rings is 2. The standard InChI is InChI=1S/C20H26FN3O2.HI/c1-4-22-20(23-13-15-6-9-17(21)10-7-15)24-14-16-8-11-18(25-3)19(12-16)26-5-2;/h6-12H,4-5,13-14H2,1-3H3,(H2,22,23,24);1H. The van der Waals surface area contributed by atoms with Gasteiger partial charge in [-0.3, -0.25) is 0 Å². The van der Waals surface area contributed by atoms with Crippen LogP contribution in [0.25, 0.3) is 0 Å². The zero-order valence-corrected chi connectivity index (χ0v) is 18.3. The molecule has 0 aliphatic heterocycles. The Kier molecular flexibility index (Phi) is 10.5. The number of halogens is 2. The molecular formula is C20H27FIN3O2. The van der Waals surface area contributed by atoms with Crippen LogP contribution in [0.2, 0.25) is 0 Å². The van der Waals surface area contributed by atoms with Crippen molar-refractivity contribution in [3.8, 4) is 11.5 Å². The first kappa shape index (κ1) is 23.0. The van der Waals surface area contributed by atoms with Crippen molar-refractivity contribution in [2.45, 2.75) is 26.9 Å². The molecule has 2 aromatic carbocycles. The average Bonchev–Trinajstić information content (AvgIpc) is 2.66. The Labute approximate surface area is 177 Å². The number of hydrogen-bond donors (Lipinski definition) is 2. The van der Waals surface area contributed by atoms with Crippen molar-refractivity contribution in [2.75, 3.05) is 20.3 Å². The molecule has 0 fully saturated rings. The van der Waals surface area contributed by atoms with Gasteiger partial charge in [0, 0.05) is 13.1 Å². The number of nitrogens with zero attached hydrogens (tertiary/aromatic N) is 1. The molecule has 0 saturated heterocycles. The maximum atomic E-state index is 13.0. The molecule has 0 aromatic heterocycles. The van der Waals surface area contributed by atoms with Gasteiger partial charge in [0.05, 0.1) is 20.3 Å². The number of nitrogens with one attached hydrogen (secondary N) is 2. The zero-order valence-electron chi connectivity index (χ0n) is 15.9. The number of rotatable bonds is 8. The number of guanidine groups is 1. The van der Waals surface area contributed by atoms with Crippen molar-refractivity contribution >= 4 is 29.9 Å². The molecule has 0 amide bonds. The van der Waals surface area contributed by atoms with E-state index in [-0.39, 0.29) is 29.8 Å². The van der Waals surface area contributed by atoms with E-state index in [1.54, 1.807) is 19.2 Å². The van der Waals surface area contributed by atoms with E-state index in [4.69, 9.17) is 9.47 Å². The molecule has 0 bridgehead atoms. The van der Waals surface area contributed by atoms with Gasteiger partial charge in [0.25, 0.3) is 0 Å². The molecule has 148 valence electrons. The van der Waals surface area contributed by atoms with E-state index in [0.717, 1.165) is 17.7 Å². The van der Waals surface area contributed by atoms with Crippen molar-refractivity contribution < 1.29 is 13.9 Å².